The molecule has 140 valence electrons. The molecule has 1 heterocycles. The van der Waals surface area contributed by atoms with Gasteiger partial charge in [-0.05, 0) is 55.3 Å². The van der Waals surface area contributed by atoms with Gasteiger partial charge < -0.3 is 19.9 Å². The molecule has 0 radical (unpaired) electrons. The van der Waals surface area contributed by atoms with Crippen LogP contribution < -0.4 is 14.8 Å². The Kier molecular flexibility index (Phi) is 6.36. The number of hydrogen-bond acceptors (Lipinski definition) is 5. The van der Waals surface area contributed by atoms with Gasteiger partial charge in [-0.2, -0.15) is 0 Å². The van der Waals surface area contributed by atoms with Crippen LogP contribution in [0.25, 0.3) is 0 Å². The summed E-state index contributed by atoms with van der Waals surface area (Å²) in [5, 5.41) is 13.6. The normalized spacial score (nSPS) is 17.8. The molecule has 5 nitrogen and oxygen atoms in total. The smallest absolute Gasteiger partial charge is 0.120 e. The Labute approximate surface area is 155 Å². The van der Waals surface area contributed by atoms with Gasteiger partial charge in [0.15, 0.2) is 0 Å². The zero-order chi connectivity index (χ0) is 18.4. The van der Waals surface area contributed by atoms with Gasteiger partial charge in [0.1, 0.15) is 17.2 Å². The van der Waals surface area contributed by atoms with Crippen molar-refractivity contribution < 1.29 is 14.6 Å². The van der Waals surface area contributed by atoms with E-state index < -0.39 is 0 Å². The molecule has 2 N–H and O–H groups in total. The number of piperidine rings is 1. The number of nitrogens with one attached hydrogen (secondary N) is 1. The fourth-order valence-electron chi connectivity index (χ4n) is 3.48. The molecule has 0 spiro atoms. The summed E-state index contributed by atoms with van der Waals surface area (Å²) in [4.78, 5) is 2.47. The van der Waals surface area contributed by atoms with Gasteiger partial charge in [0.05, 0.1) is 14.2 Å². The van der Waals surface area contributed by atoms with E-state index in [2.05, 4.69) is 22.3 Å². The van der Waals surface area contributed by atoms with E-state index in [1.54, 1.807) is 26.4 Å². The zero-order valence-electron chi connectivity index (χ0n) is 15.6. The fraction of sp³-hybridized carbons (Fsp3) is 0.429. The van der Waals surface area contributed by atoms with Gasteiger partial charge in [0.2, 0.25) is 0 Å². The van der Waals surface area contributed by atoms with Crippen LogP contribution in [-0.4, -0.2) is 43.4 Å². The molecule has 3 rings (SSSR count). The first-order valence-electron chi connectivity index (χ1n) is 9.12. The number of nitrogens with zero attached hydrogens (tertiary/aromatic N) is 1. The Morgan fingerprint density at radius 3 is 2.73 bits per heavy atom. The van der Waals surface area contributed by atoms with E-state index in [4.69, 9.17) is 9.47 Å². The molecule has 1 unspecified atom stereocenters. The standard InChI is InChI=1S/C21H28N2O3/c1-25-19-7-3-5-16(11-19)14-23-10-4-6-18(15-23)22-13-17-12-20(26-2)8-9-21(17)24/h3,5,7-9,11-12,18,22,24H,4,6,10,13-15H2,1-2H3. The van der Waals surface area contributed by atoms with Crippen molar-refractivity contribution in [1.29, 1.82) is 0 Å². The highest BCUT2D eigenvalue weighted by Crippen LogP contribution is 2.23. The second-order valence-electron chi connectivity index (χ2n) is 6.80. The van der Waals surface area contributed by atoms with Crippen molar-refractivity contribution in [2.75, 3.05) is 27.3 Å². The summed E-state index contributed by atoms with van der Waals surface area (Å²) in [6.45, 7) is 3.68. The van der Waals surface area contributed by atoms with Crippen molar-refractivity contribution in [3.05, 3.63) is 53.6 Å². The minimum atomic E-state index is 0.308. The van der Waals surface area contributed by atoms with E-state index in [0.29, 0.717) is 18.3 Å². The number of hydrogen-bond donors (Lipinski definition) is 2. The molecule has 2 aromatic carbocycles. The van der Waals surface area contributed by atoms with Crippen LogP contribution in [0.15, 0.2) is 42.5 Å². The van der Waals surface area contributed by atoms with E-state index in [0.717, 1.165) is 43.1 Å². The Balaban J connectivity index is 1.55. The third kappa shape index (κ3) is 4.90. The first kappa shape index (κ1) is 18.5. The van der Waals surface area contributed by atoms with E-state index >= 15 is 0 Å². The van der Waals surface area contributed by atoms with Crippen molar-refractivity contribution in [1.82, 2.24) is 10.2 Å². The van der Waals surface area contributed by atoms with Crippen LogP contribution in [0.1, 0.15) is 24.0 Å². The monoisotopic (exact) mass is 356 g/mol. The number of phenolic OH excluding ortho intramolecular Hbond substituents is 1. The fourth-order valence-corrected chi connectivity index (χ4v) is 3.48. The Morgan fingerprint density at radius 1 is 1.12 bits per heavy atom. The van der Waals surface area contributed by atoms with Crippen molar-refractivity contribution in [2.24, 2.45) is 0 Å². The van der Waals surface area contributed by atoms with Gasteiger partial charge in [0.25, 0.3) is 0 Å². The molecule has 2 aromatic rings. The van der Waals surface area contributed by atoms with Crippen molar-refractivity contribution in [3.63, 3.8) is 0 Å². The predicted octanol–water partition coefficient (Wildman–Crippen LogP) is 3.16. The summed E-state index contributed by atoms with van der Waals surface area (Å²) < 4.78 is 10.6. The quantitative estimate of drug-likeness (QED) is 0.798. The summed E-state index contributed by atoms with van der Waals surface area (Å²) in [5.41, 5.74) is 2.14. The summed E-state index contributed by atoms with van der Waals surface area (Å²) in [6.07, 6.45) is 2.32. The second kappa shape index (κ2) is 8.92. The zero-order valence-corrected chi connectivity index (χ0v) is 15.6. The molecule has 0 saturated carbocycles. The van der Waals surface area contributed by atoms with Crippen LogP contribution in [0, 0.1) is 0 Å². The van der Waals surface area contributed by atoms with Gasteiger partial charge >= 0.3 is 0 Å². The average molecular weight is 356 g/mol. The van der Waals surface area contributed by atoms with Gasteiger partial charge in [-0.1, -0.05) is 12.1 Å². The van der Waals surface area contributed by atoms with Crippen LogP contribution in [0.2, 0.25) is 0 Å². The molecular formula is C21H28N2O3. The largest absolute Gasteiger partial charge is 0.508 e. The van der Waals surface area contributed by atoms with Gasteiger partial charge in [0, 0.05) is 31.2 Å². The molecule has 1 saturated heterocycles. The number of aromatic hydroxyl groups is 1. The number of benzene rings is 2. The molecule has 1 atom stereocenters. The van der Waals surface area contributed by atoms with Crippen LogP contribution >= 0.6 is 0 Å². The predicted molar refractivity (Wildman–Crippen MR) is 103 cm³/mol. The maximum Gasteiger partial charge on any atom is 0.120 e. The SMILES string of the molecule is COc1cccc(CN2CCCC(NCc3cc(OC)ccc3O)C2)c1. The van der Waals surface area contributed by atoms with Gasteiger partial charge in [-0.3, -0.25) is 4.90 Å². The Bertz CT molecular complexity index is 720. The molecule has 5 heteroatoms. The topological polar surface area (TPSA) is 54.0 Å². The molecule has 1 fully saturated rings. The van der Waals surface area contributed by atoms with Crippen molar-refractivity contribution in [3.8, 4) is 17.2 Å². The number of likely N-dealkylation sites (tertiary alicyclic amines) is 1. The Hall–Kier alpha value is -2.24. The first-order valence-corrected chi connectivity index (χ1v) is 9.12. The third-order valence-electron chi connectivity index (χ3n) is 4.91. The second-order valence-corrected chi connectivity index (χ2v) is 6.80. The number of rotatable bonds is 7. The highest BCUT2D eigenvalue weighted by Gasteiger charge is 2.20. The summed E-state index contributed by atoms with van der Waals surface area (Å²) in [7, 11) is 3.34. The van der Waals surface area contributed by atoms with Gasteiger partial charge in [-0.25, -0.2) is 0 Å². The molecular weight excluding hydrogens is 328 g/mol. The van der Waals surface area contributed by atoms with Crippen LogP contribution in [0.5, 0.6) is 17.2 Å². The lowest BCUT2D eigenvalue weighted by molar-refractivity contribution is 0.182. The van der Waals surface area contributed by atoms with Crippen molar-refractivity contribution >= 4 is 0 Å². The minimum absolute atomic E-state index is 0.308. The minimum Gasteiger partial charge on any atom is -0.508 e. The molecule has 26 heavy (non-hydrogen) atoms. The molecule has 0 bridgehead atoms. The lowest BCUT2D eigenvalue weighted by Gasteiger charge is -2.33. The lowest BCUT2D eigenvalue weighted by Crippen LogP contribution is -2.45. The maximum atomic E-state index is 10.0. The van der Waals surface area contributed by atoms with Crippen LogP contribution in [-0.2, 0) is 13.1 Å². The summed E-state index contributed by atoms with van der Waals surface area (Å²) >= 11 is 0. The van der Waals surface area contributed by atoms with Crippen LogP contribution in [0.3, 0.4) is 0 Å². The molecule has 0 aromatic heterocycles. The lowest BCUT2D eigenvalue weighted by atomic mass is 10.0. The third-order valence-corrected chi connectivity index (χ3v) is 4.91. The number of ether oxygens (including phenoxy) is 2. The maximum absolute atomic E-state index is 10.0. The summed E-state index contributed by atoms with van der Waals surface area (Å²) in [6, 6.07) is 14.0. The van der Waals surface area contributed by atoms with Crippen molar-refractivity contribution in [2.45, 2.75) is 32.0 Å². The van der Waals surface area contributed by atoms with E-state index in [-0.39, 0.29) is 0 Å². The van der Waals surface area contributed by atoms with E-state index in [1.807, 2.05) is 18.2 Å². The molecule has 0 aliphatic carbocycles. The van der Waals surface area contributed by atoms with Gasteiger partial charge in [-0.15, -0.1) is 0 Å². The summed E-state index contributed by atoms with van der Waals surface area (Å²) in [5.74, 6) is 1.98. The average Bonchev–Trinajstić information content (AvgIpc) is 2.68. The van der Waals surface area contributed by atoms with E-state index in [9.17, 15) is 5.11 Å². The first-order chi connectivity index (χ1) is 12.7. The number of phenols is 1. The highest BCUT2D eigenvalue weighted by molar-refractivity contribution is 5.39. The molecule has 1 aliphatic rings. The van der Waals surface area contributed by atoms with E-state index in [1.165, 1.54) is 12.0 Å². The Morgan fingerprint density at radius 2 is 1.92 bits per heavy atom. The molecule has 0 amide bonds. The molecule has 1 aliphatic heterocycles. The highest BCUT2D eigenvalue weighted by atomic mass is 16.5. The number of methoxy groups -OCH3 is 2. The van der Waals surface area contributed by atoms with Crippen LogP contribution in [0.4, 0.5) is 0 Å².